The molecule has 1 saturated heterocycles. The first kappa shape index (κ1) is 22.0. The summed E-state index contributed by atoms with van der Waals surface area (Å²) in [5, 5.41) is 5.99. The van der Waals surface area contributed by atoms with E-state index in [4.69, 9.17) is 0 Å². The van der Waals surface area contributed by atoms with E-state index in [-0.39, 0.29) is 29.1 Å². The molecule has 2 amide bonds. The maximum Gasteiger partial charge on any atom is 0.323 e. The van der Waals surface area contributed by atoms with Crippen LogP contribution in [0.1, 0.15) is 34.1 Å². The maximum atomic E-state index is 12.8. The fraction of sp³-hybridized carbons (Fsp3) is 0.571. The zero-order valence-corrected chi connectivity index (χ0v) is 18.3. The predicted octanol–water partition coefficient (Wildman–Crippen LogP) is -1.73. The molecule has 164 valence electrons. The lowest BCUT2D eigenvalue weighted by Crippen LogP contribution is -3.20. The molecule has 0 radical (unpaired) electrons. The summed E-state index contributed by atoms with van der Waals surface area (Å²) in [6.07, 6.45) is 0.974. The minimum absolute atomic E-state index is 0.0452. The van der Waals surface area contributed by atoms with Crippen molar-refractivity contribution in [1.29, 1.82) is 0 Å². The molecule has 1 fully saturated rings. The highest BCUT2D eigenvalue weighted by Crippen LogP contribution is 2.14. The van der Waals surface area contributed by atoms with Gasteiger partial charge in [0, 0.05) is 17.6 Å². The van der Waals surface area contributed by atoms with Gasteiger partial charge in [-0.3, -0.25) is 9.59 Å². The molecule has 1 aliphatic rings. The Kier molecular flexibility index (Phi) is 6.62. The number of aromatic amines is 2. The number of benzene rings is 1. The Balaban J connectivity index is 1.54. The van der Waals surface area contributed by atoms with E-state index in [0.29, 0.717) is 23.3 Å². The van der Waals surface area contributed by atoms with Crippen molar-refractivity contribution >= 4 is 28.5 Å². The molecule has 2 aromatic rings. The Morgan fingerprint density at radius 1 is 1.10 bits per heavy atom. The van der Waals surface area contributed by atoms with Gasteiger partial charge in [-0.25, -0.2) is 4.79 Å². The van der Waals surface area contributed by atoms with E-state index < -0.39 is 0 Å². The van der Waals surface area contributed by atoms with Crippen LogP contribution < -0.4 is 26.1 Å². The average Bonchev–Trinajstić information content (AvgIpc) is 2.85. The number of anilines is 1. The Hall–Kier alpha value is -2.65. The van der Waals surface area contributed by atoms with Crippen molar-refractivity contribution in [3.05, 3.63) is 28.7 Å². The molecule has 1 aromatic carbocycles. The van der Waals surface area contributed by atoms with E-state index in [1.807, 2.05) is 27.7 Å². The van der Waals surface area contributed by atoms with E-state index >= 15 is 0 Å². The molecule has 2 heterocycles. The number of quaternary nitrogens is 2. The third-order valence-corrected chi connectivity index (χ3v) is 5.54. The van der Waals surface area contributed by atoms with Crippen molar-refractivity contribution in [2.75, 3.05) is 38.0 Å². The van der Waals surface area contributed by atoms with E-state index in [1.54, 1.807) is 18.2 Å². The number of amides is 2. The fourth-order valence-electron chi connectivity index (χ4n) is 4.00. The lowest BCUT2D eigenvalue weighted by atomic mass is 10.1. The monoisotopic (exact) mass is 418 g/mol. The topological polar surface area (TPSA) is 116 Å². The van der Waals surface area contributed by atoms with Gasteiger partial charge in [0.2, 0.25) is 0 Å². The molecule has 0 spiro atoms. The van der Waals surface area contributed by atoms with Crippen LogP contribution >= 0.6 is 0 Å². The van der Waals surface area contributed by atoms with Crippen molar-refractivity contribution in [3.8, 4) is 0 Å². The Bertz CT molecular complexity index is 958. The summed E-state index contributed by atoms with van der Waals surface area (Å²) in [6.45, 7) is 11.9. The quantitative estimate of drug-likeness (QED) is 0.347. The number of hydrogen-bond acceptors (Lipinski definition) is 3. The molecule has 0 saturated carbocycles. The molecular weight excluding hydrogens is 384 g/mol. The van der Waals surface area contributed by atoms with Crippen LogP contribution in [-0.4, -0.2) is 66.1 Å². The number of carbonyl (C=O) groups excluding carboxylic acids is 2. The fourth-order valence-corrected chi connectivity index (χ4v) is 4.00. The van der Waals surface area contributed by atoms with E-state index in [2.05, 4.69) is 20.6 Å². The smallest absolute Gasteiger partial charge is 0.323 e. The number of aromatic nitrogens is 2. The molecule has 6 N–H and O–H groups in total. The lowest BCUT2D eigenvalue weighted by Gasteiger charge is -2.24. The largest absolute Gasteiger partial charge is 0.347 e. The standard InChI is InChI=1S/C21H32N6O3/c1-14(19(29)22-15-6-7-16-17(12-15)24-20(30)23-16)27-9-5-8-26(10-11-27)13-18(28)25-21(2,3)4/h6-7,12,14H,5,8-11,13H2,1-4H3,(H,22,29)(H,25,28)(H2,23,24,30)/p+2/t14-/m1/s1. The minimum atomic E-state index is -0.265. The SMILES string of the molecule is C[C@H](C(=O)Nc1ccc2[nH]c(=O)[nH]c2c1)[NH+]1CCC[NH+](CC(=O)NC(C)(C)C)CC1. The van der Waals surface area contributed by atoms with Gasteiger partial charge in [0.15, 0.2) is 12.6 Å². The van der Waals surface area contributed by atoms with Crippen molar-refractivity contribution in [2.45, 2.75) is 45.7 Å². The number of H-pyrrole nitrogens is 2. The normalized spacial score (nSPS) is 21.1. The minimum Gasteiger partial charge on any atom is -0.347 e. The van der Waals surface area contributed by atoms with Crippen LogP contribution in [-0.2, 0) is 9.59 Å². The van der Waals surface area contributed by atoms with Crippen molar-refractivity contribution < 1.29 is 19.4 Å². The average molecular weight is 419 g/mol. The molecule has 1 aromatic heterocycles. The second-order valence-corrected chi connectivity index (χ2v) is 9.29. The van der Waals surface area contributed by atoms with Crippen LogP contribution in [0.15, 0.2) is 23.0 Å². The van der Waals surface area contributed by atoms with E-state index in [9.17, 15) is 14.4 Å². The Morgan fingerprint density at radius 2 is 1.83 bits per heavy atom. The van der Waals surface area contributed by atoms with Gasteiger partial charge in [0.25, 0.3) is 11.8 Å². The van der Waals surface area contributed by atoms with E-state index in [0.717, 1.165) is 32.6 Å². The summed E-state index contributed by atoms with van der Waals surface area (Å²) >= 11 is 0. The lowest BCUT2D eigenvalue weighted by molar-refractivity contribution is -0.942. The van der Waals surface area contributed by atoms with Crippen molar-refractivity contribution in [2.24, 2.45) is 0 Å². The number of rotatable bonds is 5. The number of fused-ring (bicyclic) bond motifs is 1. The summed E-state index contributed by atoms with van der Waals surface area (Å²) in [5.41, 5.74) is 1.56. The number of hydrogen-bond donors (Lipinski definition) is 6. The molecule has 0 aliphatic carbocycles. The van der Waals surface area contributed by atoms with Crippen LogP contribution in [0.4, 0.5) is 5.69 Å². The van der Waals surface area contributed by atoms with Gasteiger partial charge in [-0.15, -0.1) is 0 Å². The molecule has 3 rings (SSSR count). The second-order valence-electron chi connectivity index (χ2n) is 9.29. The highest BCUT2D eigenvalue weighted by atomic mass is 16.2. The van der Waals surface area contributed by atoms with Gasteiger partial charge in [0.1, 0.15) is 13.1 Å². The molecule has 9 nitrogen and oxygen atoms in total. The molecular formula is C21H34N6O3+2. The molecule has 3 atom stereocenters. The van der Waals surface area contributed by atoms with Gasteiger partial charge >= 0.3 is 5.69 Å². The van der Waals surface area contributed by atoms with Crippen LogP contribution in [0, 0.1) is 0 Å². The summed E-state index contributed by atoms with van der Waals surface area (Å²) in [4.78, 5) is 44.3. The first-order valence-corrected chi connectivity index (χ1v) is 10.6. The third kappa shape index (κ3) is 5.93. The third-order valence-electron chi connectivity index (χ3n) is 5.54. The Labute approximate surface area is 176 Å². The molecule has 30 heavy (non-hydrogen) atoms. The van der Waals surface area contributed by atoms with Gasteiger partial charge in [-0.1, -0.05) is 0 Å². The van der Waals surface area contributed by atoms with Crippen LogP contribution in [0.25, 0.3) is 11.0 Å². The highest BCUT2D eigenvalue weighted by molar-refractivity contribution is 5.95. The van der Waals surface area contributed by atoms with Crippen LogP contribution in [0.5, 0.6) is 0 Å². The zero-order valence-electron chi connectivity index (χ0n) is 18.3. The second kappa shape index (κ2) is 9.01. The van der Waals surface area contributed by atoms with Gasteiger partial charge in [-0.05, 0) is 45.9 Å². The predicted molar refractivity (Wildman–Crippen MR) is 116 cm³/mol. The molecule has 1 aliphatic heterocycles. The van der Waals surface area contributed by atoms with Gasteiger partial charge in [0.05, 0.1) is 24.1 Å². The van der Waals surface area contributed by atoms with Crippen LogP contribution in [0.2, 0.25) is 0 Å². The summed E-state index contributed by atoms with van der Waals surface area (Å²) in [6, 6.07) is 5.12. The first-order chi connectivity index (χ1) is 14.1. The molecule has 0 bridgehead atoms. The van der Waals surface area contributed by atoms with Gasteiger partial charge < -0.3 is 30.4 Å². The number of imidazole rings is 1. The number of carbonyl (C=O) groups is 2. The first-order valence-electron chi connectivity index (χ1n) is 10.6. The zero-order chi connectivity index (χ0) is 21.9. The Morgan fingerprint density at radius 3 is 2.57 bits per heavy atom. The van der Waals surface area contributed by atoms with Crippen molar-refractivity contribution in [1.82, 2.24) is 15.3 Å². The summed E-state index contributed by atoms with van der Waals surface area (Å²) < 4.78 is 0. The van der Waals surface area contributed by atoms with Gasteiger partial charge in [-0.2, -0.15) is 0 Å². The summed E-state index contributed by atoms with van der Waals surface area (Å²) in [5.74, 6) is 0.0288. The van der Waals surface area contributed by atoms with E-state index in [1.165, 1.54) is 9.80 Å². The van der Waals surface area contributed by atoms with Crippen molar-refractivity contribution in [3.63, 3.8) is 0 Å². The summed E-state index contributed by atoms with van der Waals surface area (Å²) in [7, 11) is 0. The number of nitrogens with one attached hydrogen (secondary N) is 6. The highest BCUT2D eigenvalue weighted by Gasteiger charge is 2.30. The molecule has 2 unspecified atom stereocenters. The maximum absolute atomic E-state index is 12.8. The van der Waals surface area contributed by atoms with Crippen LogP contribution in [0.3, 0.4) is 0 Å². The molecule has 9 heteroatoms.